The van der Waals surface area contributed by atoms with Gasteiger partial charge in [0.2, 0.25) is 0 Å². The van der Waals surface area contributed by atoms with Gasteiger partial charge in [0.15, 0.2) is 0 Å². The third-order valence-corrected chi connectivity index (χ3v) is 3.66. The molecule has 0 heterocycles. The number of rotatable bonds is 6. The van der Waals surface area contributed by atoms with Gasteiger partial charge in [-0.1, -0.05) is 54.7 Å². The lowest BCUT2D eigenvalue weighted by Crippen LogP contribution is -2.00. The zero-order valence-corrected chi connectivity index (χ0v) is 15.1. The maximum absolute atomic E-state index is 5.97. The molecule has 0 bridgehead atoms. The fourth-order valence-corrected chi connectivity index (χ4v) is 2.34. The number of hydrogen-bond donors (Lipinski definition) is 0. The minimum absolute atomic E-state index is 0.192. The molecular weight excluding hydrogens is 355 g/mol. The van der Waals surface area contributed by atoms with Gasteiger partial charge in [0.25, 0.3) is 0 Å². The highest BCUT2D eigenvalue weighted by Gasteiger charge is 2.10. The van der Waals surface area contributed by atoms with Gasteiger partial charge in [-0.2, -0.15) is 0 Å². The molecular formula is C18H17Cl3O2. The van der Waals surface area contributed by atoms with E-state index in [-0.39, 0.29) is 10.4 Å². The molecule has 2 rings (SSSR count). The van der Waals surface area contributed by atoms with Gasteiger partial charge in [-0.05, 0) is 48.4 Å². The largest absolute Gasteiger partial charge is 0.489 e. The fourth-order valence-electron chi connectivity index (χ4n) is 2.03. The minimum Gasteiger partial charge on any atom is -0.489 e. The second-order valence-electron chi connectivity index (χ2n) is 5.22. The summed E-state index contributed by atoms with van der Waals surface area (Å²) in [4.78, 5) is 0. The summed E-state index contributed by atoms with van der Waals surface area (Å²) in [6.45, 7) is 4.50. The average Bonchev–Trinajstić information content (AvgIpc) is 2.48. The standard InChI is InChI=1S/C18H17Cl3O2/c1-12(2)16-11-15(23-14-5-3-4-13(19)10-14)6-7-17(16)22-9-8-18(20)21/h3-8,10-12H,9H2,1-2H3. The van der Waals surface area contributed by atoms with Crippen molar-refractivity contribution in [2.75, 3.05) is 6.61 Å². The lowest BCUT2D eigenvalue weighted by atomic mass is 10.0. The molecule has 2 nitrogen and oxygen atoms in total. The molecule has 0 saturated heterocycles. The molecule has 0 aliphatic rings. The maximum atomic E-state index is 5.97. The Morgan fingerprint density at radius 3 is 2.48 bits per heavy atom. The Labute approximate surface area is 151 Å². The van der Waals surface area contributed by atoms with Crippen LogP contribution in [0.4, 0.5) is 0 Å². The maximum Gasteiger partial charge on any atom is 0.128 e. The molecule has 0 unspecified atom stereocenters. The van der Waals surface area contributed by atoms with Crippen molar-refractivity contribution in [2.24, 2.45) is 0 Å². The molecule has 0 amide bonds. The molecule has 0 aromatic heterocycles. The van der Waals surface area contributed by atoms with Gasteiger partial charge in [0, 0.05) is 10.6 Å². The highest BCUT2D eigenvalue weighted by Crippen LogP contribution is 2.33. The van der Waals surface area contributed by atoms with Gasteiger partial charge in [-0.3, -0.25) is 0 Å². The van der Waals surface area contributed by atoms with E-state index >= 15 is 0 Å². The molecule has 0 aliphatic heterocycles. The molecule has 2 aromatic rings. The lowest BCUT2D eigenvalue weighted by molar-refractivity contribution is 0.356. The van der Waals surface area contributed by atoms with Crippen molar-refractivity contribution in [3.8, 4) is 17.2 Å². The summed E-state index contributed by atoms with van der Waals surface area (Å²) in [7, 11) is 0. The van der Waals surface area contributed by atoms with Crippen molar-refractivity contribution in [3.63, 3.8) is 0 Å². The molecule has 0 saturated carbocycles. The first-order chi connectivity index (χ1) is 11.0. The van der Waals surface area contributed by atoms with Gasteiger partial charge < -0.3 is 9.47 Å². The van der Waals surface area contributed by atoms with Crippen molar-refractivity contribution < 1.29 is 9.47 Å². The van der Waals surface area contributed by atoms with Crippen molar-refractivity contribution in [1.29, 1.82) is 0 Å². The van der Waals surface area contributed by atoms with Crippen LogP contribution in [-0.4, -0.2) is 6.61 Å². The monoisotopic (exact) mass is 370 g/mol. The third kappa shape index (κ3) is 5.65. The van der Waals surface area contributed by atoms with Crippen LogP contribution < -0.4 is 9.47 Å². The zero-order valence-electron chi connectivity index (χ0n) is 12.9. The molecule has 0 radical (unpaired) electrons. The van der Waals surface area contributed by atoms with Crippen LogP contribution in [0.2, 0.25) is 5.02 Å². The summed E-state index contributed by atoms with van der Waals surface area (Å²) >= 11 is 17.2. The summed E-state index contributed by atoms with van der Waals surface area (Å²) in [5.74, 6) is 2.49. The second kappa shape index (κ2) is 8.49. The van der Waals surface area contributed by atoms with E-state index in [1.807, 2.05) is 30.3 Å². The van der Waals surface area contributed by atoms with Gasteiger partial charge in [-0.25, -0.2) is 0 Å². The van der Waals surface area contributed by atoms with Gasteiger partial charge in [0.1, 0.15) is 28.3 Å². The normalized spacial score (nSPS) is 10.5. The van der Waals surface area contributed by atoms with Crippen LogP contribution in [0, 0.1) is 0 Å². The SMILES string of the molecule is CC(C)c1cc(Oc2cccc(Cl)c2)ccc1OCC=C(Cl)Cl. The van der Waals surface area contributed by atoms with Crippen molar-refractivity contribution in [2.45, 2.75) is 19.8 Å². The minimum atomic E-state index is 0.192. The van der Waals surface area contributed by atoms with E-state index in [4.69, 9.17) is 44.3 Å². The summed E-state index contributed by atoms with van der Waals surface area (Å²) < 4.78 is 11.8. The highest BCUT2D eigenvalue weighted by molar-refractivity contribution is 6.55. The molecule has 122 valence electrons. The predicted octanol–water partition coefficient (Wildman–Crippen LogP) is 6.95. The number of hydrogen-bond acceptors (Lipinski definition) is 2. The molecule has 0 spiro atoms. The molecule has 23 heavy (non-hydrogen) atoms. The van der Waals surface area contributed by atoms with Crippen LogP contribution in [-0.2, 0) is 0 Å². The summed E-state index contributed by atoms with van der Waals surface area (Å²) in [6, 6.07) is 13.0. The second-order valence-corrected chi connectivity index (χ2v) is 6.66. The average molecular weight is 372 g/mol. The van der Waals surface area contributed by atoms with Crippen LogP contribution in [0.5, 0.6) is 17.2 Å². The highest BCUT2D eigenvalue weighted by atomic mass is 35.5. The van der Waals surface area contributed by atoms with Crippen LogP contribution >= 0.6 is 34.8 Å². The quantitative estimate of drug-likeness (QED) is 0.546. The van der Waals surface area contributed by atoms with Crippen LogP contribution in [0.25, 0.3) is 0 Å². The van der Waals surface area contributed by atoms with Crippen LogP contribution in [0.1, 0.15) is 25.3 Å². The molecule has 0 aliphatic carbocycles. The molecule has 0 fully saturated rings. The topological polar surface area (TPSA) is 18.5 Å². The van der Waals surface area contributed by atoms with Crippen LogP contribution in [0.15, 0.2) is 53.0 Å². The Kier molecular flexibility index (Phi) is 6.64. The Morgan fingerprint density at radius 1 is 1.09 bits per heavy atom. The predicted molar refractivity (Wildman–Crippen MR) is 97.3 cm³/mol. The van der Waals surface area contributed by atoms with Crippen molar-refractivity contribution >= 4 is 34.8 Å². The molecule has 0 N–H and O–H groups in total. The molecule has 2 aromatic carbocycles. The first-order valence-corrected chi connectivity index (χ1v) is 8.30. The summed E-state index contributed by atoms with van der Waals surface area (Å²) in [5.41, 5.74) is 1.05. The smallest absolute Gasteiger partial charge is 0.128 e. The van der Waals surface area contributed by atoms with E-state index in [0.717, 1.165) is 17.1 Å². The number of benzene rings is 2. The lowest BCUT2D eigenvalue weighted by Gasteiger charge is -2.15. The number of halogens is 3. The fraction of sp³-hybridized carbons (Fsp3) is 0.222. The Bertz CT molecular complexity index is 692. The van der Waals surface area contributed by atoms with E-state index in [0.29, 0.717) is 17.4 Å². The van der Waals surface area contributed by atoms with E-state index in [1.54, 1.807) is 18.2 Å². The van der Waals surface area contributed by atoms with Gasteiger partial charge in [0.05, 0.1) is 0 Å². The third-order valence-electron chi connectivity index (χ3n) is 3.11. The van der Waals surface area contributed by atoms with Gasteiger partial charge >= 0.3 is 0 Å². The zero-order chi connectivity index (χ0) is 16.8. The molecule has 0 atom stereocenters. The summed E-state index contributed by atoms with van der Waals surface area (Å²) in [5, 5.41) is 0.635. The Hall–Kier alpha value is -1.35. The number of ether oxygens (including phenoxy) is 2. The van der Waals surface area contributed by atoms with E-state index in [9.17, 15) is 0 Å². The summed E-state index contributed by atoms with van der Waals surface area (Å²) in [6.07, 6.45) is 1.60. The Morgan fingerprint density at radius 2 is 1.83 bits per heavy atom. The van der Waals surface area contributed by atoms with Crippen molar-refractivity contribution in [1.82, 2.24) is 0 Å². The van der Waals surface area contributed by atoms with E-state index in [2.05, 4.69) is 13.8 Å². The first-order valence-electron chi connectivity index (χ1n) is 7.17. The van der Waals surface area contributed by atoms with Crippen molar-refractivity contribution in [3.05, 3.63) is 63.6 Å². The molecule has 5 heteroatoms. The van der Waals surface area contributed by atoms with E-state index < -0.39 is 0 Å². The van der Waals surface area contributed by atoms with Crippen LogP contribution in [0.3, 0.4) is 0 Å². The Balaban J connectivity index is 2.19. The first kappa shape index (κ1) is 18.0. The van der Waals surface area contributed by atoms with Gasteiger partial charge in [-0.15, -0.1) is 0 Å². The van der Waals surface area contributed by atoms with E-state index in [1.165, 1.54) is 0 Å².